The van der Waals surface area contributed by atoms with Crippen LogP contribution >= 0.6 is 11.3 Å². The fourth-order valence-corrected chi connectivity index (χ4v) is 10.2. The van der Waals surface area contributed by atoms with E-state index in [9.17, 15) is 0 Å². The molecule has 0 radical (unpaired) electrons. The van der Waals surface area contributed by atoms with Crippen molar-refractivity contribution in [1.29, 1.82) is 0 Å². The molecule has 0 amide bonds. The first-order valence-corrected chi connectivity index (χ1v) is 21.5. The van der Waals surface area contributed by atoms with Gasteiger partial charge in [-0.2, -0.15) is 0 Å². The van der Waals surface area contributed by atoms with Gasteiger partial charge in [-0.15, -0.1) is 11.3 Å². The minimum Gasteiger partial charge on any atom is -0.455 e. The monoisotopic (exact) mass is 795 g/mol. The molecule has 0 N–H and O–H groups in total. The number of hydrogen-bond donors (Lipinski definition) is 0. The molecule has 286 valence electrons. The highest BCUT2D eigenvalue weighted by atomic mass is 32.1. The quantitative estimate of drug-likeness (QED) is 0.160. The first-order chi connectivity index (χ1) is 30.2. The van der Waals surface area contributed by atoms with Gasteiger partial charge in [-0.1, -0.05) is 164 Å². The average molecular weight is 796 g/mol. The average Bonchev–Trinajstić information content (AvgIpc) is 3.91. The van der Waals surface area contributed by atoms with Gasteiger partial charge < -0.3 is 9.32 Å². The number of thiophene rings is 1. The fraction of sp³-hybridized carbons (Fsp3) is 0. The maximum absolute atomic E-state index is 6.54. The molecule has 2 heterocycles. The van der Waals surface area contributed by atoms with Gasteiger partial charge in [0.2, 0.25) is 0 Å². The third-order valence-corrected chi connectivity index (χ3v) is 13.2. The zero-order valence-electron chi connectivity index (χ0n) is 33.1. The van der Waals surface area contributed by atoms with Gasteiger partial charge in [0.05, 0.1) is 0 Å². The lowest BCUT2D eigenvalue weighted by Gasteiger charge is -2.26. The zero-order chi connectivity index (χ0) is 40.3. The van der Waals surface area contributed by atoms with Crippen molar-refractivity contribution in [3.8, 4) is 44.5 Å². The molecule has 12 aromatic rings. The Hall–Kier alpha value is -7.72. The molecule has 2 aromatic heterocycles. The number of furan rings is 1. The van der Waals surface area contributed by atoms with Crippen LogP contribution in [0, 0.1) is 0 Å². The van der Waals surface area contributed by atoms with Crippen molar-refractivity contribution >= 4 is 81.3 Å². The van der Waals surface area contributed by atoms with Crippen molar-refractivity contribution in [3.05, 3.63) is 224 Å². The van der Waals surface area contributed by atoms with Gasteiger partial charge in [0.15, 0.2) is 0 Å². The molecular formula is C58H37NOS. The molecule has 12 rings (SSSR count). The summed E-state index contributed by atoms with van der Waals surface area (Å²) in [4.78, 5) is 2.35. The van der Waals surface area contributed by atoms with E-state index in [0.717, 1.165) is 55.5 Å². The van der Waals surface area contributed by atoms with Crippen LogP contribution < -0.4 is 4.90 Å². The number of anilines is 3. The summed E-state index contributed by atoms with van der Waals surface area (Å²) in [6.07, 6.45) is 0. The first kappa shape index (κ1) is 35.2. The molecule has 0 unspecified atom stereocenters. The van der Waals surface area contributed by atoms with Gasteiger partial charge in [-0.05, 0) is 111 Å². The number of rotatable bonds is 7. The Bertz CT molecular complexity index is 3550. The largest absolute Gasteiger partial charge is 0.455 e. The summed E-state index contributed by atoms with van der Waals surface area (Å²) in [6.45, 7) is 0. The van der Waals surface area contributed by atoms with Gasteiger partial charge in [0, 0.05) is 53.4 Å². The third-order valence-electron chi connectivity index (χ3n) is 12.1. The van der Waals surface area contributed by atoms with Crippen molar-refractivity contribution in [3.63, 3.8) is 0 Å². The Labute approximate surface area is 357 Å². The predicted molar refractivity (Wildman–Crippen MR) is 261 cm³/mol. The number of benzene rings is 10. The van der Waals surface area contributed by atoms with Gasteiger partial charge in [0.1, 0.15) is 11.2 Å². The maximum atomic E-state index is 6.54. The molecule has 0 atom stereocenters. The second-order valence-electron chi connectivity index (χ2n) is 15.7. The highest BCUT2D eigenvalue weighted by Crippen LogP contribution is 2.43. The molecule has 0 saturated heterocycles. The number of nitrogens with zero attached hydrogens (tertiary/aromatic N) is 1. The van der Waals surface area contributed by atoms with E-state index >= 15 is 0 Å². The second-order valence-corrected chi connectivity index (χ2v) is 16.8. The summed E-state index contributed by atoms with van der Waals surface area (Å²) in [6, 6.07) is 81.1. The van der Waals surface area contributed by atoms with E-state index < -0.39 is 0 Å². The molecule has 10 aromatic carbocycles. The molecule has 3 heteroatoms. The SMILES string of the molecule is c1ccc(-c2ccc(-c3ccc(N(c4ccc(-c5ccc6c(c5)sc5ccccc56)cc4)c4ccc(-c5cccc6oc7c8ccccc8ccc7c56)cc4)cc3)cc2)cc1. The van der Waals surface area contributed by atoms with Crippen LogP contribution in [0.25, 0.3) is 97.4 Å². The van der Waals surface area contributed by atoms with Crippen LogP contribution in [0.1, 0.15) is 0 Å². The summed E-state index contributed by atoms with van der Waals surface area (Å²) >= 11 is 1.86. The van der Waals surface area contributed by atoms with Gasteiger partial charge >= 0.3 is 0 Å². The Balaban J connectivity index is 0.918. The molecule has 0 aliphatic carbocycles. The molecule has 0 bridgehead atoms. The molecule has 0 aliphatic heterocycles. The second kappa shape index (κ2) is 14.5. The molecule has 2 nitrogen and oxygen atoms in total. The highest BCUT2D eigenvalue weighted by molar-refractivity contribution is 7.25. The Morgan fingerprint density at radius 2 is 0.836 bits per heavy atom. The van der Waals surface area contributed by atoms with E-state index in [1.165, 1.54) is 58.9 Å². The van der Waals surface area contributed by atoms with Crippen LogP contribution in [-0.4, -0.2) is 0 Å². The smallest absolute Gasteiger partial charge is 0.143 e. The zero-order valence-corrected chi connectivity index (χ0v) is 33.9. The highest BCUT2D eigenvalue weighted by Gasteiger charge is 2.17. The summed E-state index contributed by atoms with van der Waals surface area (Å²) < 4.78 is 9.18. The molecule has 61 heavy (non-hydrogen) atoms. The van der Waals surface area contributed by atoms with Crippen LogP contribution in [0.2, 0.25) is 0 Å². The van der Waals surface area contributed by atoms with Crippen LogP contribution in [0.3, 0.4) is 0 Å². The van der Waals surface area contributed by atoms with E-state index in [2.05, 4.69) is 229 Å². The van der Waals surface area contributed by atoms with Crippen molar-refractivity contribution < 1.29 is 4.42 Å². The fourth-order valence-electron chi connectivity index (χ4n) is 9.03. The molecule has 0 fully saturated rings. The van der Waals surface area contributed by atoms with E-state index in [0.29, 0.717) is 0 Å². The lowest BCUT2D eigenvalue weighted by molar-refractivity contribution is 0.673. The number of fused-ring (bicyclic) bond motifs is 8. The maximum Gasteiger partial charge on any atom is 0.143 e. The van der Waals surface area contributed by atoms with Crippen LogP contribution in [-0.2, 0) is 0 Å². The molecule has 0 spiro atoms. The summed E-state index contributed by atoms with van der Waals surface area (Å²) in [7, 11) is 0. The van der Waals surface area contributed by atoms with Crippen LogP contribution in [0.15, 0.2) is 229 Å². The van der Waals surface area contributed by atoms with Crippen molar-refractivity contribution in [2.45, 2.75) is 0 Å². The summed E-state index contributed by atoms with van der Waals surface area (Å²) in [5.74, 6) is 0. The van der Waals surface area contributed by atoms with Gasteiger partial charge in [-0.3, -0.25) is 0 Å². The minimum absolute atomic E-state index is 0.899. The van der Waals surface area contributed by atoms with Gasteiger partial charge in [-0.25, -0.2) is 0 Å². The van der Waals surface area contributed by atoms with Crippen molar-refractivity contribution in [1.82, 2.24) is 0 Å². The Morgan fingerprint density at radius 3 is 1.52 bits per heavy atom. The van der Waals surface area contributed by atoms with Gasteiger partial charge in [0.25, 0.3) is 0 Å². The Morgan fingerprint density at radius 1 is 0.328 bits per heavy atom. The molecule has 0 aliphatic rings. The molecular weight excluding hydrogens is 759 g/mol. The normalized spacial score (nSPS) is 11.6. The first-order valence-electron chi connectivity index (χ1n) is 20.7. The van der Waals surface area contributed by atoms with Crippen LogP contribution in [0.4, 0.5) is 17.1 Å². The lowest BCUT2D eigenvalue weighted by Crippen LogP contribution is -2.09. The van der Waals surface area contributed by atoms with Crippen LogP contribution in [0.5, 0.6) is 0 Å². The lowest BCUT2D eigenvalue weighted by atomic mass is 9.97. The Kier molecular flexibility index (Phi) is 8.39. The summed E-state index contributed by atoms with van der Waals surface area (Å²) in [5, 5.41) is 7.23. The van der Waals surface area contributed by atoms with E-state index in [1.54, 1.807) is 0 Å². The topological polar surface area (TPSA) is 16.4 Å². The van der Waals surface area contributed by atoms with E-state index in [1.807, 2.05) is 11.3 Å². The van der Waals surface area contributed by atoms with E-state index in [4.69, 9.17) is 4.42 Å². The number of hydrogen-bond acceptors (Lipinski definition) is 3. The summed E-state index contributed by atoms with van der Waals surface area (Å²) in [5.41, 5.74) is 14.6. The van der Waals surface area contributed by atoms with Crippen molar-refractivity contribution in [2.75, 3.05) is 4.90 Å². The van der Waals surface area contributed by atoms with Crippen molar-refractivity contribution in [2.24, 2.45) is 0 Å². The third kappa shape index (κ3) is 6.18. The van der Waals surface area contributed by atoms with E-state index in [-0.39, 0.29) is 0 Å². The molecule has 0 saturated carbocycles. The minimum atomic E-state index is 0.899. The standard InChI is InChI=1S/C58H37NOS/c1-2-9-38(10-3-1)39-17-19-40(20-18-39)41-21-29-46(30-22-41)59(47-31-23-42(24-32-47)45-28-35-52-51-13-6-7-16-55(51)61-56(52)37-45)48-33-25-44(26-34-48)49-14-8-15-54-57(49)53-36-27-43-11-4-5-12-50(43)58(53)60-54/h1-37H. The predicted octanol–water partition coefficient (Wildman–Crippen LogP) is 17.2.